The molecule has 0 saturated carbocycles. The number of fused-ring (bicyclic) bond motifs is 1. The first-order valence-corrected chi connectivity index (χ1v) is 10.1. The van der Waals surface area contributed by atoms with Crippen molar-refractivity contribution in [3.8, 4) is 17.2 Å². The fourth-order valence-electron chi connectivity index (χ4n) is 2.91. The van der Waals surface area contributed by atoms with Crippen LogP contribution in [0.25, 0.3) is 6.08 Å². The summed E-state index contributed by atoms with van der Waals surface area (Å²) in [7, 11) is -2.45. The Morgan fingerprint density at radius 3 is 2.41 bits per heavy atom. The van der Waals surface area contributed by atoms with Crippen LogP contribution in [-0.2, 0) is 10.1 Å². The number of carbonyl (C=O) groups excluding carboxylic acids is 1. The van der Waals surface area contributed by atoms with E-state index in [1.165, 1.54) is 30.3 Å². The summed E-state index contributed by atoms with van der Waals surface area (Å²) in [5, 5.41) is 0. The third-order valence-electron chi connectivity index (χ3n) is 4.30. The van der Waals surface area contributed by atoms with Gasteiger partial charge in [-0.15, -0.1) is 0 Å². The Bertz CT molecular complexity index is 1210. The van der Waals surface area contributed by atoms with E-state index in [1.54, 1.807) is 43.5 Å². The van der Waals surface area contributed by atoms with Gasteiger partial charge in [0, 0.05) is 11.6 Å². The van der Waals surface area contributed by atoms with Crippen LogP contribution in [0, 0.1) is 0 Å². The quantitative estimate of drug-likeness (QED) is 0.468. The lowest BCUT2D eigenvalue weighted by molar-refractivity contribution is 0.101. The van der Waals surface area contributed by atoms with Gasteiger partial charge < -0.3 is 13.7 Å². The van der Waals surface area contributed by atoms with Gasteiger partial charge in [-0.1, -0.05) is 36.4 Å². The molecule has 0 atom stereocenters. The summed E-state index contributed by atoms with van der Waals surface area (Å²) in [5.74, 6) is 0.706. The molecule has 3 aromatic carbocycles. The highest BCUT2D eigenvalue weighted by Gasteiger charge is 2.29. The molecule has 0 amide bonds. The zero-order valence-corrected chi connectivity index (χ0v) is 16.2. The molecular formula is C22H16O6S. The minimum atomic E-state index is -3.99. The number of allylic oxidation sites excluding steroid dienone is 1. The summed E-state index contributed by atoms with van der Waals surface area (Å²) >= 11 is 0. The highest BCUT2D eigenvalue weighted by Crippen LogP contribution is 2.36. The summed E-state index contributed by atoms with van der Waals surface area (Å²) in [6, 6.07) is 19.3. The third-order valence-corrected chi connectivity index (χ3v) is 5.57. The summed E-state index contributed by atoms with van der Waals surface area (Å²) in [5.41, 5.74) is 1.02. The number of Topliss-reactive ketones (excluding diaryl/α,β-unsaturated/α-hetero) is 1. The molecule has 0 aromatic heterocycles. The molecule has 6 nitrogen and oxygen atoms in total. The van der Waals surface area contributed by atoms with Gasteiger partial charge in [0.05, 0.1) is 12.7 Å². The van der Waals surface area contributed by atoms with Gasteiger partial charge >= 0.3 is 10.1 Å². The number of methoxy groups -OCH3 is 1. The van der Waals surface area contributed by atoms with Gasteiger partial charge in [0.25, 0.3) is 0 Å². The number of benzene rings is 3. The largest absolute Gasteiger partial charge is 0.496 e. The predicted molar refractivity (Wildman–Crippen MR) is 107 cm³/mol. The van der Waals surface area contributed by atoms with Gasteiger partial charge in [-0.25, -0.2) is 0 Å². The van der Waals surface area contributed by atoms with E-state index in [2.05, 4.69) is 0 Å². The monoisotopic (exact) mass is 408 g/mol. The standard InChI is InChI=1S/C22H16O6S/c1-26-19-10-6-5-7-15(19)13-21-22(23)18-12-11-16(14-20(18)27-21)28-29(24,25)17-8-3-2-4-9-17/h2-14H,1H3. The van der Waals surface area contributed by atoms with E-state index in [9.17, 15) is 13.2 Å². The van der Waals surface area contributed by atoms with Crippen LogP contribution >= 0.6 is 0 Å². The third kappa shape index (κ3) is 3.72. The van der Waals surface area contributed by atoms with E-state index in [4.69, 9.17) is 13.7 Å². The highest BCUT2D eigenvalue weighted by atomic mass is 32.2. The van der Waals surface area contributed by atoms with Crippen LogP contribution in [0.3, 0.4) is 0 Å². The average molecular weight is 408 g/mol. The number of ketones is 1. The molecule has 0 unspecified atom stereocenters. The van der Waals surface area contributed by atoms with Crippen LogP contribution in [0.15, 0.2) is 83.5 Å². The lowest BCUT2D eigenvalue weighted by Gasteiger charge is -2.07. The molecule has 0 spiro atoms. The number of hydrogen-bond donors (Lipinski definition) is 0. The van der Waals surface area contributed by atoms with E-state index in [0.29, 0.717) is 16.9 Å². The molecule has 29 heavy (non-hydrogen) atoms. The van der Waals surface area contributed by atoms with Gasteiger partial charge in [0.15, 0.2) is 5.76 Å². The normalized spacial score (nSPS) is 14.4. The Kier molecular flexibility index (Phi) is 4.82. The topological polar surface area (TPSA) is 78.9 Å². The molecule has 146 valence electrons. The van der Waals surface area contributed by atoms with E-state index < -0.39 is 10.1 Å². The maximum absolute atomic E-state index is 12.6. The average Bonchev–Trinajstić information content (AvgIpc) is 3.03. The van der Waals surface area contributed by atoms with Crippen LogP contribution in [0.2, 0.25) is 0 Å². The second-order valence-electron chi connectivity index (χ2n) is 6.19. The van der Waals surface area contributed by atoms with E-state index in [1.807, 2.05) is 12.1 Å². The lowest BCUT2D eigenvalue weighted by Crippen LogP contribution is -2.09. The first-order chi connectivity index (χ1) is 14.0. The van der Waals surface area contributed by atoms with Crippen molar-refractivity contribution < 1.29 is 26.9 Å². The van der Waals surface area contributed by atoms with Gasteiger partial charge in [0.1, 0.15) is 22.1 Å². The lowest BCUT2D eigenvalue weighted by atomic mass is 10.1. The summed E-state index contributed by atoms with van der Waals surface area (Å²) in [4.78, 5) is 12.7. The zero-order valence-electron chi connectivity index (χ0n) is 15.4. The zero-order chi connectivity index (χ0) is 20.4. The van der Waals surface area contributed by atoms with Crippen molar-refractivity contribution in [3.05, 3.63) is 89.7 Å². The Morgan fingerprint density at radius 1 is 0.931 bits per heavy atom. The Labute approximate surface area is 168 Å². The molecule has 0 N–H and O–H groups in total. The van der Waals surface area contributed by atoms with Crippen molar-refractivity contribution >= 4 is 22.0 Å². The minimum absolute atomic E-state index is 0.0363. The van der Waals surface area contributed by atoms with Gasteiger partial charge in [-0.3, -0.25) is 4.79 Å². The minimum Gasteiger partial charge on any atom is -0.496 e. The molecule has 3 aromatic rings. The number of hydrogen-bond acceptors (Lipinski definition) is 6. The Balaban J connectivity index is 1.62. The van der Waals surface area contributed by atoms with Crippen molar-refractivity contribution in [1.82, 2.24) is 0 Å². The molecule has 4 rings (SSSR count). The fourth-order valence-corrected chi connectivity index (χ4v) is 3.85. The molecular weight excluding hydrogens is 392 g/mol. The molecule has 0 saturated heterocycles. The van der Waals surface area contributed by atoms with Crippen molar-refractivity contribution in [2.75, 3.05) is 7.11 Å². The fraction of sp³-hybridized carbons (Fsp3) is 0.0455. The molecule has 7 heteroatoms. The Morgan fingerprint density at radius 2 is 1.66 bits per heavy atom. The SMILES string of the molecule is COc1ccccc1C=C1Oc2cc(OS(=O)(=O)c3ccccc3)ccc2C1=O. The second-order valence-corrected chi connectivity index (χ2v) is 7.74. The molecule has 0 radical (unpaired) electrons. The van der Waals surface area contributed by atoms with Crippen molar-refractivity contribution in [2.24, 2.45) is 0 Å². The predicted octanol–water partition coefficient (Wildman–Crippen LogP) is 4.08. The van der Waals surface area contributed by atoms with Crippen molar-refractivity contribution in [2.45, 2.75) is 4.90 Å². The van der Waals surface area contributed by atoms with Crippen LogP contribution in [0.4, 0.5) is 0 Å². The Hall–Kier alpha value is -3.58. The summed E-state index contributed by atoms with van der Waals surface area (Å²) in [6.45, 7) is 0. The van der Waals surface area contributed by atoms with E-state index in [0.717, 1.165) is 0 Å². The molecule has 0 aliphatic carbocycles. The number of para-hydroxylation sites is 1. The highest BCUT2D eigenvalue weighted by molar-refractivity contribution is 7.87. The number of rotatable bonds is 5. The van der Waals surface area contributed by atoms with Crippen LogP contribution < -0.4 is 13.7 Å². The van der Waals surface area contributed by atoms with Crippen LogP contribution in [-0.4, -0.2) is 21.3 Å². The van der Waals surface area contributed by atoms with E-state index >= 15 is 0 Å². The molecule has 1 aliphatic rings. The van der Waals surface area contributed by atoms with Crippen LogP contribution in [0.1, 0.15) is 15.9 Å². The summed E-state index contributed by atoms with van der Waals surface area (Å²) in [6.07, 6.45) is 1.59. The van der Waals surface area contributed by atoms with Gasteiger partial charge in [-0.2, -0.15) is 8.42 Å². The van der Waals surface area contributed by atoms with Crippen LogP contribution in [0.5, 0.6) is 17.2 Å². The molecule has 0 bridgehead atoms. The first kappa shape index (κ1) is 18.8. The van der Waals surface area contributed by atoms with Crippen molar-refractivity contribution in [1.29, 1.82) is 0 Å². The maximum atomic E-state index is 12.6. The summed E-state index contributed by atoms with van der Waals surface area (Å²) < 4.78 is 40.9. The smallest absolute Gasteiger partial charge is 0.339 e. The maximum Gasteiger partial charge on any atom is 0.339 e. The van der Waals surface area contributed by atoms with E-state index in [-0.39, 0.29) is 27.9 Å². The molecule has 1 aliphatic heterocycles. The number of carbonyl (C=O) groups is 1. The number of ether oxygens (including phenoxy) is 2. The molecule has 1 heterocycles. The van der Waals surface area contributed by atoms with Gasteiger partial charge in [0.2, 0.25) is 5.78 Å². The van der Waals surface area contributed by atoms with Gasteiger partial charge in [-0.05, 0) is 36.4 Å². The van der Waals surface area contributed by atoms with Crippen molar-refractivity contribution in [3.63, 3.8) is 0 Å². The molecule has 0 fully saturated rings. The first-order valence-electron chi connectivity index (χ1n) is 8.69. The second kappa shape index (κ2) is 7.44.